The standard InChI is InChI=1S/C18H26N4O2/c1-12-4-2-3-5-15(12)16(21-18(19)24)10-17(23)22-9-8-13-6-7-14(11-22)20-13/h2-5,13-14,16,20H,6-11H2,1H3,(H3,19,21,24). The average molecular weight is 330 g/mol. The number of primary amides is 1. The lowest BCUT2D eigenvalue weighted by Gasteiger charge is -2.27. The number of fused-ring (bicyclic) bond motifs is 2. The summed E-state index contributed by atoms with van der Waals surface area (Å²) < 4.78 is 0. The third-order valence-electron chi connectivity index (χ3n) is 5.14. The Balaban J connectivity index is 1.71. The normalized spacial score (nSPS) is 24.3. The van der Waals surface area contributed by atoms with Crippen molar-refractivity contribution >= 4 is 11.9 Å². The number of aryl methyl sites for hydroxylation is 1. The Hall–Kier alpha value is -2.08. The molecule has 3 rings (SSSR count). The van der Waals surface area contributed by atoms with E-state index in [-0.39, 0.29) is 18.4 Å². The number of carbonyl (C=O) groups excluding carboxylic acids is 2. The lowest BCUT2D eigenvalue weighted by Crippen LogP contribution is -2.42. The average Bonchev–Trinajstić information content (AvgIpc) is 2.85. The van der Waals surface area contributed by atoms with Gasteiger partial charge >= 0.3 is 6.03 Å². The minimum Gasteiger partial charge on any atom is -0.352 e. The van der Waals surface area contributed by atoms with E-state index in [1.54, 1.807) is 0 Å². The predicted molar refractivity (Wildman–Crippen MR) is 92.4 cm³/mol. The topological polar surface area (TPSA) is 87.5 Å². The number of likely N-dealkylation sites (tertiary alicyclic amines) is 1. The molecule has 3 atom stereocenters. The molecule has 6 heteroatoms. The summed E-state index contributed by atoms with van der Waals surface area (Å²) in [5.74, 6) is 0.0753. The first-order valence-electron chi connectivity index (χ1n) is 8.68. The van der Waals surface area contributed by atoms with E-state index in [0.29, 0.717) is 12.1 Å². The van der Waals surface area contributed by atoms with Crippen LogP contribution in [0.4, 0.5) is 4.79 Å². The van der Waals surface area contributed by atoms with Crippen molar-refractivity contribution in [2.75, 3.05) is 13.1 Å². The van der Waals surface area contributed by atoms with E-state index in [1.807, 2.05) is 36.1 Å². The summed E-state index contributed by atoms with van der Waals surface area (Å²) in [4.78, 5) is 26.1. The maximum atomic E-state index is 12.8. The number of amides is 3. The molecule has 0 saturated carbocycles. The number of hydrogen-bond acceptors (Lipinski definition) is 3. The van der Waals surface area contributed by atoms with Crippen LogP contribution in [0.5, 0.6) is 0 Å². The molecule has 0 radical (unpaired) electrons. The van der Waals surface area contributed by atoms with Crippen molar-refractivity contribution in [3.63, 3.8) is 0 Å². The summed E-state index contributed by atoms with van der Waals surface area (Å²) >= 11 is 0. The molecule has 0 aromatic heterocycles. The van der Waals surface area contributed by atoms with Crippen LogP contribution in [-0.4, -0.2) is 42.0 Å². The van der Waals surface area contributed by atoms with Crippen LogP contribution in [0.3, 0.4) is 0 Å². The summed E-state index contributed by atoms with van der Waals surface area (Å²) in [5, 5.41) is 6.31. The summed E-state index contributed by atoms with van der Waals surface area (Å²) in [6.07, 6.45) is 3.59. The van der Waals surface area contributed by atoms with E-state index < -0.39 is 6.03 Å². The van der Waals surface area contributed by atoms with Gasteiger partial charge in [0.1, 0.15) is 0 Å². The SMILES string of the molecule is Cc1ccccc1C(CC(=O)N1CCC2CCC(C1)N2)NC(N)=O. The fourth-order valence-corrected chi connectivity index (χ4v) is 3.86. The number of urea groups is 1. The zero-order valence-electron chi connectivity index (χ0n) is 14.1. The van der Waals surface area contributed by atoms with Gasteiger partial charge in [0.25, 0.3) is 0 Å². The highest BCUT2D eigenvalue weighted by Gasteiger charge is 2.32. The fraction of sp³-hybridized carbons (Fsp3) is 0.556. The summed E-state index contributed by atoms with van der Waals surface area (Å²) in [5.41, 5.74) is 7.31. The molecule has 1 aromatic carbocycles. The minimum absolute atomic E-state index is 0.0753. The van der Waals surface area contributed by atoms with E-state index in [2.05, 4.69) is 10.6 Å². The van der Waals surface area contributed by atoms with Crippen LogP contribution in [0.25, 0.3) is 0 Å². The zero-order chi connectivity index (χ0) is 17.1. The van der Waals surface area contributed by atoms with Crippen LogP contribution < -0.4 is 16.4 Å². The van der Waals surface area contributed by atoms with Crippen LogP contribution in [-0.2, 0) is 4.79 Å². The fourth-order valence-electron chi connectivity index (χ4n) is 3.86. The molecule has 1 aromatic rings. The molecule has 2 fully saturated rings. The molecule has 3 amide bonds. The molecule has 4 N–H and O–H groups in total. The molecule has 130 valence electrons. The van der Waals surface area contributed by atoms with Gasteiger partial charge in [-0.2, -0.15) is 0 Å². The van der Waals surface area contributed by atoms with Crippen LogP contribution in [0, 0.1) is 6.92 Å². The van der Waals surface area contributed by atoms with E-state index in [1.165, 1.54) is 6.42 Å². The Morgan fingerprint density at radius 3 is 2.79 bits per heavy atom. The lowest BCUT2D eigenvalue weighted by molar-refractivity contribution is -0.132. The van der Waals surface area contributed by atoms with Crippen molar-refractivity contribution in [1.82, 2.24) is 15.5 Å². The van der Waals surface area contributed by atoms with Gasteiger partial charge in [-0.15, -0.1) is 0 Å². The number of nitrogens with two attached hydrogens (primary N) is 1. The van der Waals surface area contributed by atoms with E-state index in [0.717, 1.165) is 37.1 Å². The number of benzene rings is 1. The monoisotopic (exact) mass is 330 g/mol. The van der Waals surface area contributed by atoms with Gasteiger partial charge in [0, 0.05) is 25.2 Å². The Kier molecular flexibility index (Phi) is 5.04. The summed E-state index contributed by atoms with van der Waals surface area (Å²) in [6.45, 7) is 3.51. The van der Waals surface area contributed by atoms with Crippen molar-refractivity contribution in [1.29, 1.82) is 0 Å². The molecule has 2 saturated heterocycles. The number of nitrogens with zero attached hydrogens (tertiary/aromatic N) is 1. The first-order valence-corrected chi connectivity index (χ1v) is 8.68. The van der Waals surface area contributed by atoms with E-state index in [4.69, 9.17) is 5.73 Å². The van der Waals surface area contributed by atoms with Crippen molar-refractivity contribution in [3.05, 3.63) is 35.4 Å². The maximum Gasteiger partial charge on any atom is 0.312 e. The quantitative estimate of drug-likeness (QED) is 0.781. The maximum absolute atomic E-state index is 12.8. The largest absolute Gasteiger partial charge is 0.352 e. The number of carbonyl (C=O) groups is 2. The highest BCUT2D eigenvalue weighted by molar-refractivity contribution is 5.79. The zero-order valence-corrected chi connectivity index (χ0v) is 14.1. The first kappa shape index (κ1) is 16.8. The second-order valence-corrected chi connectivity index (χ2v) is 6.89. The highest BCUT2D eigenvalue weighted by Crippen LogP contribution is 2.24. The number of hydrogen-bond donors (Lipinski definition) is 3. The second kappa shape index (κ2) is 7.21. The van der Waals surface area contributed by atoms with Gasteiger partial charge in [0.2, 0.25) is 5.91 Å². The van der Waals surface area contributed by atoms with Crippen molar-refractivity contribution in [2.45, 2.75) is 50.7 Å². The Morgan fingerprint density at radius 1 is 1.29 bits per heavy atom. The molecule has 2 heterocycles. The Morgan fingerprint density at radius 2 is 2.04 bits per heavy atom. The highest BCUT2D eigenvalue weighted by atomic mass is 16.2. The van der Waals surface area contributed by atoms with Gasteiger partial charge in [-0.1, -0.05) is 24.3 Å². The molecule has 6 nitrogen and oxygen atoms in total. The van der Waals surface area contributed by atoms with Gasteiger partial charge in [-0.25, -0.2) is 4.79 Å². The van der Waals surface area contributed by atoms with Gasteiger partial charge in [0.15, 0.2) is 0 Å². The summed E-state index contributed by atoms with van der Waals surface area (Å²) in [6, 6.07) is 7.74. The first-order chi connectivity index (χ1) is 11.5. The van der Waals surface area contributed by atoms with Gasteiger partial charge in [0.05, 0.1) is 12.5 Å². The Labute approximate surface area is 142 Å². The van der Waals surface area contributed by atoms with Crippen molar-refractivity contribution < 1.29 is 9.59 Å². The smallest absolute Gasteiger partial charge is 0.312 e. The van der Waals surface area contributed by atoms with Crippen LogP contribution >= 0.6 is 0 Å². The predicted octanol–water partition coefficient (Wildman–Crippen LogP) is 1.45. The number of nitrogens with one attached hydrogen (secondary N) is 2. The lowest BCUT2D eigenvalue weighted by atomic mass is 9.98. The molecule has 2 aliphatic rings. The molecular weight excluding hydrogens is 304 g/mol. The summed E-state index contributed by atoms with van der Waals surface area (Å²) in [7, 11) is 0. The van der Waals surface area contributed by atoms with Gasteiger partial charge < -0.3 is 21.3 Å². The minimum atomic E-state index is -0.604. The molecule has 2 bridgehead atoms. The van der Waals surface area contributed by atoms with Crippen LogP contribution in [0.15, 0.2) is 24.3 Å². The third-order valence-corrected chi connectivity index (χ3v) is 5.14. The van der Waals surface area contributed by atoms with E-state index in [9.17, 15) is 9.59 Å². The Bertz CT molecular complexity index is 619. The molecule has 0 spiro atoms. The molecular formula is C18H26N4O2. The van der Waals surface area contributed by atoms with Crippen molar-refractivity contribution in [3.8, 4) is 0 Å². The molecule has 0 aliphatic carbocycles. The third kappa shape index (κ3) is 3.87. The van der Waals surface area contributed by atoms with Gasteiger partial charge in [-0.05, 0) is 37.3 Å². The van der Waals surface area contributed by atoms with Crippen LogP contribution in [0.2, 0.25) is 0 Å². The molecule has 3 unspecified atom stereocenters. The van der Waals surface area contributed by atoms with Gasteiger partial charge in [-0.3, -0.25) is 4.79 Å². The molecule has 24 heavy (non-hydrogen) atoms. The molecule has 2 aliphatic heterocycles. The van der Waals surface area contributed by atoms with Crippen LogP contribution in [0.1, 0.15) is 42.9 Å². The number of rotatable bonds is 4. The van der Waals surface area contributed by atoms with E-state index >= 15 is 0 Å². The van der Waals surface area contributed by atoms with Crippen molar-refractivity contribution in [2.24, 2.45) is 5.73 Å². The second-order valence-electron chi connectivity index (χ2n) is 6.89.